The average molecular weight is 337 g/mol. The van der Waals surface area contributed by atoms with Gasteiger partial charge < -0.3 is 4.90 Å². The fourth-order valence-corrected chi connectivity index (χ4v) is 3.23. The molecule has 1 aliphatic rings. The Morgan fingerprint density at radius 2 is 2.00 bits per heavy atom. The Balaban J connectivity index is 1.62. The second-order valence-corrected chi connectivity index (χ2v) is 6.30. The van der Waals surface area contributed by atoms with Crippen LogP contribution in [0.2, 0.25) is 5.15 Å². The van der Waals surface area contributed by atoms with Crippen LogP contribution in [-0.2, 0) is 20.0 Å². The van der Waals surface area contributed by atoms with Crippen molar-refractivity contribution in [2.45, 2.75) is 32.7 Å². The Bertz CT molecular complexity index is 715. The van der Waals surface area contributed by atoms with E-state index in [0.29, 0.717) is 17.6 Å². The highest BCUT2D eigenvalue weighted by Gasteiger charge is 2.23. The minimum absolute atomic E-state index is 0.0311. The van der Waals surface area contributed by atoms with Gasteiger partial charge in [-0.15, -0.1) is 10.2 Å². The van der Waals surface area contributed by atoms with Gasteiger partial charge in [-0.3, -0.25) is 4.57 Å². The van der Waals surface area contributed by atoms with Crippen LogP contribution in [0.1, 0.15) is 25.6 Å². The highest BCUT2D eigenvalue weighted by molar-refractivity contribution is 6.29. The van der Waals surface area contributed by atoms with Gasteiger partial charge in [0.2, 0.25) is 0 Å². The predicted molar refractivity (Wildman–Crippen MR) is 88.8 cm³/mol. The zero-order valence-electron chi connectivity index (χ0n) is 13.4. The summed E-state index contributed by atoms with van der Waals surface area (Å²) < 4.78 is 3.19. The second-order valence-electron chi connectivity index (χ2n) is 5.92. The molecule has 1 saturated heterocycles. The molecule has 0 aromatic carbocycles. The molecule has 2 aromatic rings. The van der Waals surface area contributed by atoms with Crippen molar-refractivity contribution < 1.29 is 0 Å². The molecule has 1 aliphatic heterocycles. The number of piperidine rings is 1. The van der Waals surface area contributed by atoms with E-state index >= 15 is 0 Å². The maximum absolute atomic E-state index is 12.0. The third-order valence-electron chi connectivity index (χ3n) is 4.43. The largest absolute Gasteiger partial charge is 0.355 e. The van der Waals surface area contributed by atoms with Gasteiger partial charge in [-0.05, 0) is 37.8 Å². The van der Waals surface area contributed by atoms with Crippen molar-refractivity contribution in [2.24, 2.45) is 13.0 Å². The van der Waals surface area contributed by atoms with E-state index < -0.39 is 0 Å². The quantitative estimate of drug-likeness (QED) is 0.846. The molecule has 3 heterocycles. The van der Waals surface area contributed by atoms with E-state index in [1.54, 1.807) is 17.7 Å². The molecule has 2 aromatic heterocycles. The first-order valence-corrected chi connectivity index (χ1v) is 8.33. The maximum atomic E-state index is 12.0. The van der Waals surface area contributed by atoms with E-state index in [2.05, 4.69) is 20.2 Å². The molecule has 0 aliphatic carbocycles. The van der Waals surface area contributed by atoms with Crippen LogP contribution >= 0.6 is 11.6 Å². The summed E-state index contributed by atoms with van der Waals surface area (Å²) in [4.78, 5) is 14.2. The molecule has 0 bridgehead atoms. The SMILES string of the molecule is CCn1c(CC2CCN(c3ccc(Cl)nn3)CC2)nn(C)c1=O. The number of hydrogen-bond acceptors (Lipinski definition) is 5. The zero-order valence-corrected chi connectivity index (χ0v) is 14.2. The first-order chi connectivity index (χ1) is 11.1. The Labute approximate surface area is 139 Å². The predicted octanol–water partition coefficient (Wildman–Crippen LogP) is 1.50. The lowest BCUT2D eigenvalue weighted by molar-refractivity contribution is 0.389. The summed E-state index contributed by atoms with van der Waals surface area (Å²) in [5.74, 6) is 2.31. The molecule has 3 rings (SSSR count). The van der Waals surface area contributed by atoms with Crippen molar-refractivity contribution in [3.05, 3.63) is 33.6 Å². The van der Waals surface area contributed by atoms with Gasteiger partial charge in [-0.25, -0.2) is 9.48 Å². The monoisotopic (exact) mass is 336 g/mol. The van der Waals surface area contributed by atoms with Crippen molar-refractivity contribution in [2.75, 3.05) is 18.0 Å². The first kappa shape index (κ1) is 16.0. The molecule has 0 saturated carbocycles. The van der Waals surface area contributed by atoms with Crippen molar-refractivity contribution in [3.63, 3.8) is 0 Å². The van der Waals surface area contributed by atoms with Gasteiger partial charge in [0, 0.05) is 33.1 Å². The summed E-state index contributed by atoms with van der Waals surface area (Å²) in [6, 6.07) is 3.67. The fraction of sp³-hybridized carbons (Fsp3) is 0.600. The molecule has 23 heavy (non-hydrogen) atoms. The van der Waals surface area contributed by atoms with E-state index in [1.807, 2.05) is 13.0 Å². The lowest BCUT2D eigenvalue weighted by Crippen LogP contribution is -2.35. The van der Waals surface area contributed by atoms with Gasteiger partial charge in [0.05, 0.1) is 0 Å². The summed E-state index contributed by atoms with van der Waals surface area (Å²) in [6.07, 6.45) is 2.96. The van der Waals surface area contributed by atoms with E-state index in [4.69, 9.17) is 11.6 Å². The Morgan fingerprint density at radius 1 is 1.26 bits per heavy atom. The molecule has 0 N–H and O–H groups in total. The summed E-state index contributed by atoms with van der Waals surface area (Å²) >= 11 is 5.78. The first-order valence-electron chi connectivity index (χ1n) is 7.95. The zero-order chi connectivity index (χ0) is 16.4. The van der Waals surface area contributed by atoms with Crippen molar-refractivity contribution in [3.8, 4) is 0 Å². The average Bonchev–Trinajstić information content (AvgIpc) is 2.83. The third-order valence-corrected chi connectivity index (χ3v) is 4.63. The highest BCUT2D eigenvalue weighted by atomic mass is 35.5. The van der Waals surface area contributed by atoms with Crippen LogP contribution in [-0.4, -0.2) is 37.6 Å². The second kappa shape index (κ2) is 6.70. The maximum Gasteiger partial charge on any atom is 0.345 e. The van der Waals surface area contributed by atoms with Crippen LogP contribution in [0.15, 0.2) is 16.9 Å². The van der Waals surface area contributed by atoms with Gasteiger partial charge in [0.15, 0.2) is 11.0 Å². The number of halogens is 1. The van der Waals surface area contributed by atoms with Crippen molar-refractivity contribution in [1.82, 2.24) is 24.5 Å². The summed E-state index contributed by atoms with van der Waals surface area (Å²) in [7, 11) is 1.71. The van der Waals surface area contributed by atoms with Gasteiger partial charge in [0.1, 0.15) is 5.82 Å². The van der Waals surface area contributed by atoms with Crippen LogP contribution in [0.5, 0.6) is 0 Å². The number of aryl methyl sites for hydroxylation is 1. The molecule has 8 heteroatoms. The molecule has 0 spiro atoms. The molecule has 0 atom stereocenters. The summed E-state index contributed by atoms with van der Waals surface area (Å²) in [5, 5.41) is 12.8. The number of hydrogen-bond donors (Lipinski definition) is 0. The standard InChI is InChI=1S/C15H21ClN6O/c1-3-22-14(19-20(2)15(22)23)10-11-6-8-21(9-7-11)13-5-4-12(16)17-18-13/h4-5,11H,3,6-10H2,1-2H3. The molecule has 1 fully saturated rings. The number of nitrogens with zero attached hydrogens (tertiary/aromatic N) is 6. The molecule has 0 unspecified atom stereocenters. The minimum Gasteiger partial charge on any atom is -0.355 e. The van der Waals surface area contributed by atoms with Crippen LogP contribution < -0.4 is 10.6 Å². The number of aromatic nitrogens is 5. The normalized spacial score (nSPS) is 16.0. The third kappa shape index (κ3) is 3.39. The number of anilines is 1. The van der Waals surface area contributed by atoms with E-state index in [1.165, 1.54) is 4.68 Å². The Kier molecular flexibility index (Phi) is 4.66. The van der Waals surface area contributed by atoms with Gasteiger partial charge in [0.25, 0.3) is 0 Å². The lowest BCUT2D eigenvalue weighted by atomic mass is 9.93. The van der Waals surface area contributed by atoms with Gasteiger partial charge >= 0.3 is 5.69 Å². The minimum atomic E-state index is -0.0311. The van der Waals surface area contributed by atoms with Crippen LogP contribution in [0.4, 0.5) is 5.82 Å². The van der Waals surface area contributed by atoms with E-state index in [-0.39, 0.29) is 5.69 Å². The molecule has 0 radical (unpaired) electrons. The van der Waals surface area contributed by atoms with Gasteiger partial charge in [-0.1, -0.05) is 11.6 Å². The van der Waals surface area contributed by atoms with E-state index in [0.717, 1.165) is 44.0 Å². The van der Waals surface area contributed by atoms with Gasteiger partial charge in [-0.2, -0.15) is 5.10 Å². The van der Waals surface area contributed by atoms with Crippen molar-refractivity contribution >= 4 is 17.4 Å². The Hall–Kier alpha value is -1.89. The smallest absolute Gasteiger partial charge is 0.345 e. The Morgan fingerprint density at radius 3 is 2.61 bits per heavy atom. The molecule has 0 amide bonds. The van der Waals surface area contributed by atoms with Crippen molar-refractivity contribution in [1.29, 1.82) is 0 Å². The number of rotatable bonds is 4. The summed E-state index contributed by atoms with van der Waals surface area (Å²) in [5.41, 5.74) is -0.0311. The molecule has 7 nitrogen and oxygen atoms in total. The highest BCUT2D eigenvalue weighted by Crippen LogP contribution is 2.24. The van der Waals surface area contributed by atoms with Crippen LogP contribution in [0.3, 0.4) is 0 Å². The van der Waals surface area contributed by atoms with Crippen LogP contribution in [0, 0.1) is 5.92 Å². The lowest BCUT2D eigenvalue weighted by Gasteiger charge is -2.32. The van der Waals surface area contributed by atoms with Crippen LogP contribution in [0.25, 0.3) is 0 Å². The summed E-state index contributed by atoms with van der Waals surface area (Å²) in [6.45, 7) is 4.52. The topological polar surface area (TPSA) is 68.8 Å². The fourth-order valence-electron chi connectivity index (χ4n) is 3.13. The molecule has 124 valence electrons. The molecular formula is C15H21ClN6O. The van der Waals surface area contributed by atoms with E-state index in [9.17, 15) is 4.79 Å². The molecular weight excluding hydrogens is 316 g/mol.